The third kappa shape index (κ3) is 8.47. The quantitative estimate of drug-likeness (QED) is 0.566. The van der Waals surface area contributed by atoms with Crippen molar-refractivity contribution in [1.29, 1.82) is 0 Å². The van der Waals surface area contributed by atoms with E-state index in [0.717, 1.165) is 32.1 Å². The van der Waals surface area contributed by atoms with Crippen molar-refractivity contribution in [3.63, 3.8) is 0 Å². The van der Waals surface area contributed by atoms with E-state index in [-0.39, 0.29) is 0 Å². The van der Waals surface area contributed by atoms with Crippen LogP contribution >= 0.6 is 0 Å². The van der Waals surface area contributed by atoms with Gasteiger partial charge in [-0.3, -0.25) is 0 Å². The summed E-state index contributed by atoms with van der Waals surface area (Å²) < 4.78 is 11.4. The Hall–Kier alpha value is 0.137. The van der Waals surface area contributed by atoms with Gasteiger partial charge in [0.15, 0.2) is 0 Å². The van der Waals surface area contributed by atoms with Gasteiger partial charge in [0.05, 0.1) is 0 Å². The second-order valence-electron chi connectivity index (χ2n) is 3.80. The van der Waals surface area contributed by atoms with Crippen LogP contribution in [0.4, 0.5) is 0 Å². The third-order valence-electron chi connectivity index (χ3n) is 1.68. The summed E-state index contributed by atoms with van der Waals surface area (Å²) in [6.45, 7) is 10.5. The van der Waals surface area contributed by atoms with Gasteiger partial charge in [0.25, 0.3) is 0 Å². The molecule has 0 fully saturated rings. The van der Waals surface area contributed by atoms with Crippen LogP contribution in [0, 0.1) is 5.92 Å². The molecule has 0 aromatic carbocycles. The van der Waals surface area contributed by atoms with E-state index in [1.54, 1.807) is 0 Å². The van der Waals surface area contributed by atoms with Crippen LogP contribution in [0.3, 0.4) is 0 Å². The Morgan fingerprint density at radius 1 is 1.00 bits per heavy atom. The summed E-state index contributed by atoms with van der Waals surface area (Å²) in [6, 6.07) is 1.14. The molecule has 13 heavy (non-hydrogen) atoms. The molecular weight excluding hydrogens is 180 g/mol. The monoisotopic (exact) mass is 204 g/mol. The normalized spacial score (nSPS) is 11.5. The third-order valence-corrected chi connectivity index (χ3v) is 4.22. The van der Waals surface area contributed by atoms with Gasteiger partial charge in [-0.05, 0) is 24.8 Å². The summed E-state index contributed by atoms with van der Waals surface area (Å²) in [6.07, 6.45) is 2.19. The van der Waals surface area contributed by atoms with Gasteiger partial charge in [-0.25, -0.2) is 0 Å². The first-order chi connectivity index (χ1) is 6.20. The van der Waals surface area contributed by atoms with Gasteiger partial charge >= 0.3 is 9.28 Å². The van der Waals surface area contributed by atoms with Gasteiger partial charge in [-0.2, -0.15) is 0 Å². The molecule has 0 unspecified atom stereocenters. The molecule has 0 bridgehead atoms. The molecule has 0 aliphatic rings. The first-order valence-electron chi connectivity index (χ1n) is 5.43. The maximum Gasteiger partial charge on any atom is 0.321 e. The van der Waals surface area contributed by atoms with E-state index in [2.05, 4.69) is 27.7 Å². The molecule has 0 radical (unpaired) electrons. The van der Waals surface area contributed by atoms with Gasteiger partial charge in [0, 0.05) is 13.2 Å². The van der Waals surface area contributed by atoms with Gasteiger partial charge in [0.2, 0.25) is 0 Å². The van der Waals surface area contributed by atoms with E-state index < -0.39 is 9.28 Å². The molecule has 0 aromatic rings. The summed E-state index contributed by atoms with van der Waals surface area (Å²) in [7, 11) is -1.33. The molecule has 0 rings (SSSR count). The number of hydrogen-bond acceptors (Lipinski definition) is 2. The summed E-state index contributed by atoms with van der Waals surface area (Å²) in [5, 5.41) is 0. The maximum atomic E-state index is 5.72. The van der Waals surface area contributed by atoms with Gasteiger partial charge in [-0.15, -0.1) is 0 Å². The fourth-order valence-electron chi connectivity index (χ4n) is 1.07. The van der Waals surface area contributed by atoms with Crippen LogP contribution in [0.25, 0.3) is 0 Å². The van der Waals surface area contributed by atoms with Gasteiger partial charge in [-0.1, -0.05) is 27.7 Å². The van der Waals surface area contributed by atoms with Gasteiger partial charge in [0.1, 0.15) is 0 Å². The molecule has 0 aliphatic heterocycles. The summed E-state index contributed by atoms with van der Waals surface area (Å²) in [5.74, 6) is 0.699. The first-order valence-corrected chi connectivity index (χ1v) is 7.19. The van der Waals surface area contributed by atoms with Crippen molar-refractivity contribution < 1.29 is 8.85 Å². The molecule has 0 N–H and O–H groups in total. The molecule has 0 amide bonds. The Labute approximate surface area is 84.5 Å². The predicted octanol–water partition coefficient (Wildman–Crippen LogP) is 2.72. The number of rotatable bonds is 8. The Morgan fingerprint density at radius 2 is 1.46 bits per heavy atom. The van der Waals surface area contributed by atoms with E-state index in [0.29, 0.717) is 5.92 Å². The second-order valence-corrected chi connectivity index (χ2v) is 5.80. The summed E-state index contributed by atoms with van der Waals surface area (Å²) in [4.78, 5) is 0. The molecular formula is C10H24O2Si. The highest BCUT2D eigenvalue weighted by molar-refractivity contribution is 6.44. The fraction of sp³-hybridized carbons (Fsp3) is 1.00. The smallest absolute Gasteiger partial charge is 0.321 e. The molecule has 3 heteroatoms. The molecule has 0 spiro atoms. The van der Waals surface area contributed by atoms with Crippen LogP contribution in [0.5, 0.6) is 0 Å². The fourth-order valence-corrected chi connectivity index (χ4v) is 3.20. The van der Waals surface area contributed by atoms with E-state index in [1.807, 2.05) is 0 Å². The van der Waals surface area contributed by atoms with Crippen molar-refractivity contribution >= 4 is 9.28 Å². The minimum atomic E-state index is -1.33. The van der Waals surface area contributed by atoms with E-state index in [1.165, 1.54) is 0 Å². The molecule has 0 heterocycles. The molecule has 80 valence electrons. The van der Waals surface area contributed by atoms with Crippen LogP contribution in [-0.4, -0.2) is 22.5 Å². The average Bonchev–Trinajstić information content (AvgIpc) is 2.09. The lowest BCUT2D eigenvalue weighted by Gasteiger charge is -2.17. The van der Waals surface area contributed by atoms with Gasteiger partial charge < -0.3 is 8.85 Å². The zero-order valence-electron chi connectivity index (χ0n) is 9.51. The van der Waals surface area contributed by atoms with Crippen molar-refractivity contribution in [2.24, 2.45) is 5.92 Å². The average molecular weight is 204 g/mol. The second kappa shape index (κ2) is 8.72. The molecule has 0 atom stereocenters. The molecule has 0 saturated carbocycles. The highest BCUT2D eigenvalue weighted by atomic mass is 28.3. The minimum absolute atomic E-state index is 0.699. The van der Waals surface area contributed by atoms with Crippen LogP contribution in [0.1, 0.15) is 40.5 Å². The molecule has 0 aromatic heterocycles. The van der Waals surface area contributed by atoms with Crippen molar-refractivity contribution in [2.45, 2.75) is 46.6 Å². The van der Waals surface area contributed by atoms with Crippen molar-refractivity contribution in [1.82, 2.24) is 0 Å². The van der Waals surface area contributed by atoms with E-state index in [4.69, 9.17) is 8.85 Å². The Kier molecular flexibility index (Phi) is 8.81. The predicted molar refractivity (Wildman–Crippen MR) is 59.3 cm³/mol. The highest BCUT2D eigenvalue weighted by Gasteiger charge is 2.14. The molecule has 0 aliphatic carbocycles. The first kappa shape index (κ1) is 13.1. The summed E-state index contributed by atoms with van der Waals surface area (Å²) >= 11 is 0. The number of hydrogen-bond donors (Lipinski definition) is 0. The summed E-state index contributed by atoms with van der Waals surface area (Å²) in [5.41, 5.74) is 0. The lowest BCUT2D eigenvalue weighted by molar-refractivity contribution is 0.193. The van der Waals surface area contributed by atoms with Crippen molar-refractivity contribution in [3.05, 3.63) is 0 Å². The van der Waals surface area contributed by atoms with Crippen LogP contribution in [0.15, 0.2) is 0 Å². The van der Waals surface area contributed by atoms with Crippen molar-refractivity contribution in [2.75, 3.05) is 13.2 Å². The largest absolute Gasteiger partial charge is 0.397 e. The Bertz CT molecular complexity index is 99.1. The zero-order chi connectivity index (χ0) is 10.1. The zero-order valence-corrected chi connectivity index (χ0v) is 10.7. The SMILES string of the molecule is CCCO[SiH](CC(C)C)OCCC. The topological polar surface area (TPSA) is 18.5 Å². The lowest BCUT2D eigenvalue weighted by Crippen LogP contribution is -2.25. The Morgan fingerprint density at radius 3 is 1.77 bits per heavy atom. The van der Waals surface area contributed by atoms with E-state index >= 15 is 0 Å². The van der Waals surface area contributed by atoms with Crippen LogP contribution in [-0.2, 0) is 8.85 Å². The Balaban J connectivity index is 3.60. The van der Waals surface area contributed by atoms with E-state index in [9.17, 15) is 0 Å². The maximum absolute atomic E-state index is 5.72. The van der Waals surface area contributed by atoms with Crippen LogP contribution in [0.2, 0.25) is 6.04 Å². The highest BCUT2D eigenvalue weighted by Crippen LogP contribution is 2.08. The van der Waals surface area contributed by atoms with Crippen LogP contribution < -0.4 is 0 Å². The van der Waals surface area contributed by atoms with Crippen molar-refractivity contribution in [3.8, 4) is 0 Å². The standard InChI is InChI=1S/C10H24O2Si/c1-5-7-11-13(9-10(3)4)12-8-6-2/h10,13H,5-9H2,1-4H3. The minimum Gasteiger partial charge on any atom is -0.397 e. The molecule has 2 nitrogen and oxygen atoms in total. The lowest BCUT2D eigenvalue weighted by atomic mass is 10.3. The molecule has 0 saturated heterocycles.